The van der Waals surface area contributed by atoms with Gasteiger partial charge in [0.05, 0.1) is 0 Å². The summed E-state index contributed by atoms with van der Waals surface area (Å²) >= 11 is 0. The van der Waals surface area contributed by atoms with Gasteiger partial charge in [-0.2, -0.15) is 0 Å². The van der Waals surface area contributed by atoms with Crippen molar-refractivity contribution >= 4 is 28.6 Å². The maximum Gasteiger partial charge on any atom is 1.00 e. The van der Waals surface area contributed by atoms with Gasteiger partial charge in [-0.25, -0.2) is 0 Å². The Morgan fingerprint density at radius 1 is 0.833 bits per heavy atom. The molecular weight excluding hydrogens is 367 g/mol. The summed E-state index contributed by atoms with van der Waals surface area (Å²) in [5.74, 6) is -1.11. The first-order valence-corrected chi connectivity index (χ1v) is 15.1. The Kier molecular flexibility index (Phi) is 16.0. The van der Waals surface area contributed by atoms with E-state index in [-0.39, 0.29) is 63.8 Å². The van der Waals surface area contributed by atoms with E-state index < -0.39 is 22.6 Å². The van der Waals surface area contributed by atoms with E-state index in [4.69, 9.17) is 8.85 Å². The molecule has 0 saturated carbocycles. The Balaban J connectivity index is 0. The maximum atomic E-state index is 11.7. The van der Waals surface area contributed by atoms with Crippen molar-refractivity contribution in [3.63, 3.8) is 0 Å². The van der Waals surface area contributed by atoms with E-state index in [1.807, 2.05) is 0 Å². The van der Waals surface area contributed by atoms with E-state index in [1.54, 1.807) is 0 Å². The molecule has 0 aliphatic rings. The normalized spacial score (nSPS) is 11.7. The van der Waals surface area contributed by atoms with Gasteiger partial charge < -0.3 is 18.8 Å². The summed E-state index contributed by atoms with van der Waals surface area (Å²) in [6.45, 7) is 10.6. The molecule has 0 aromatic rings. The Morgan fingerprint density at radius 3 is 1.75 bits per heavy atom. The molecule has 0 aromatic heterocycles. The first-order valence-electron chi connectivity index (χ1n) is 8.57. The molecule has 136 valence electrons. The molecule has 0 saturated heterocycles. The predicted octanol–water partition coefficient (Wildman–Crippen LogP) is 0.000100. The van der Waals surface area contributed by atoms with Gasteiger partial charge >= 0.3 is 57.4 Å². The van der Waals surface area contributed by atoms with Crippen LogP contribution < -0.4 is 56.5 Å². The van der Waals surface area contributed by atoms with Crippen LogP contribution in [-0.2, 0) is 18.4 Å². The van der Waals surface area contributed by atoms with Crippen LogP contribution in [0.3, 0.4) is 0 Å². The zero-order valence-electron chi connectivity index (χ0n) is 16.4. The smallest absolute Gasteiger partial charge is 0.550 e. The molecule has 24 heavy (non-hydrogen) atoms. The van der Waals surface area contributed by atoms with Crippen LogP contribution >= 0.6 is 0 Å². The molecule has 0 heterocycles. The minimum atomic E-state index is -1.91. The molecule has 0 spiro atoms. The van der Waals surface area contributed by atoms with Gasteiger partial charge in [0, 0.05) is 12.4 Å². The van der Waals surface area contributed by atoms with Gasteiger partial charge in [0.25, 0.3) is 0 Å². The van der Waals surface area contributed by atoms with E-state index in [9.17, 15) is 14.7 Å². The molecule has 0 aliphatic heterocycles. The Hall–Kier alpha value is 0.970. The zero-order valence-corrected chi connectivity index (χ0v) is 21.5. The molecule has 0 rings (SSSR count). The van der Waals surface area contributed by atoms with Gasteiger partial charge in [-0.15, -0.1) is 0 Å². The monoisotopic (exact) mass is 400 g/mol. The van der Waals surface area contributed by atoms with Gasteiger partial charge in [-0.05, 0) is 52.0 Å². The Bertz CT molecular complexity index is 370. The van der Waals surface area contributed by atoms with Crippen molar-refractivity contribution in [2.45, 2.75) is 84.1 Å². The zero-order chi connectivity index (χ0) is 17.9. The average molecular weight is 401 g/mol. The number of carboxylic acids is 1. The number of carbonyl (C=O) groups excluding carboxylic acids is 2. The van der Waals surface area contributed by atoms with Crippen LogP contribution in [0.1, 0.15) is 51.4 Å². The van der Waals surface area contributed by atoms with E-state index in [1.165, 1.54) is 0 Å². The van der Waals surface area contributed by atoms with Crippen LogP contribution in [0.5, 0.6) is 0 Å². The predicted molar refractivity (Wildman–Crippen MR) is 94.8 cm³/mol. The molecule has 0 aromatic carbocycles. The van der Waals surface area contributed by atoms with Crippen molar-refractivity contribution in [2.75, 3.05) is 6.23 Å². The van der Waals surface area contributed by atoms with Gasteiger partial charge in [0.2, 0.25) is 8.32 Å². The van der Waals surface area contributed by atoms with Gasteiger partial charge in [-0.3, -0.25) is 4.79 Å². The standard InChI is InChI=1S/C16H34O5Si2.K/c1-22(2,3)21-23(4,5)14-20-16(19)13-11-9-7-6-8-10-12-15(17)18;/h6-14H2,1-5H3,(H,17,18);/q;+1/p-1. The van der Waals surface area contributed by atoms with Crippen LogP contribution in [0, 0.1) is 0 Å². The van der Waals surface area contributed by atoms with Crippen LogP contribution in [0.25, 0.3) is 0 Å². The topological polar surface area (TPSA) is 75.7 Å². The third-order valence-electron chi connectivity index (χ3n) is 3.18. The van der Waals surface area contributed by atoms with Gasteiger partial charge in [0.1, 0.15) is 6.23 Å². The molecule has 0 amide bonds. The quantitative estimate of drug-likeness (QED) is 0.247. The SMILES string of the molecule is C[Si](C)(C)O[Si](C)(C)COC(=O)CCCCCCCCC(=O)[O-].[K+]. The van der Waals surface area contributed by atoms with Crippen LogP contribution in [0.4, 0.5) is 0 Å². The van der Waals surface area contributed by atoms with Crippen molar-refractivity contribution in [1.82, 2.24) is 0 Å². The number of ether oxygens (including phenoxy) is 1. The number of aliphatic carboxylic acids is 1. The van der Waals surface area contributed by atoms with Crippen molar-refractivity contribution in [2.24, 2.45) is 0 Å². The largest absolute Gasteiger partial charge is 1.00 e. The number of hydrogen-bond donors (Lipinski definition) is 0. The molecule has 0 radical (unpaired) electrons. The molecule has 0 unspecified atom stereocenters. The summed E-state index contributed by atoms with van der Waals surface area (Å²) in [5, 5.41) is 10.3. The number of carbonyl (C=O) groups is 2. The number of carboxylic acid groups (broad SMARTS) is 1. The van der Waals surface area contributed by atoms with Crippen molar-refractivity contribution < 1.29 is 74.9 Å². The molecule has 0 N–H and O–H groups in total. The molecule has 0 fully saturated rings. The molecular formula is C16H33KO5Si2. The Morgan fingerprint density at radius 2 is 1.29 bits per heavy atom. The first-order chi connectivity index (χ1) is 10.5. The number of rotatable bonds is 13. The summed E-state index contributed by atoms with van der Waals surface area (Å²) in [5.41, 5.74) is 0. The first kappa shape index (κ1) is 27.2. The van der Waals surface area contributed by atoms with E-state index in [0.717, 1.165) is 32.1 Å². The fourth-order valence-electron chi connectivity index (χ4n) is 2.43. The van der Waals surface area contributed by atoms with Gasteiger partial charge in [0.15, 0.2) is 8.32 Å². The molecule has 0 atom stereocenters. The van der Waals surface area contributed by atoms with Crippen LogP contribution in [0.15, 0.2) is 0 Å². The molecule has 0 aliphatic carbocycles. The summed E-state index contributed by atoms with van der Waals surface area (Å²) in [6, 6.07) is 0. The number of unbranched alkanes of at least 4 members (excludes halogenated alkanes) is 5. The van der Waals surface area contributed by atoms with Crippen LogP contribution in [-0.4, -0.2) is 34.8 Å². The molecule has 8 heteroatoms. The second-order valence-corrected chi connectivity index (χ2v) is 16.5. The van der Waals surface area contributed by atoms with Crippen molar-refractivity contribution in [3.8, 4) is 0 Å². The summed E-state index contributed by atoms with van der Waals surface area (Å²) in [7, 11) is -3.50. The fourth-order valence-corrected chi connectivity index (χ4v) is 9.81. The van der Waals surface area contributed by atoms with E-state index >= 15 is 0 Å². The van der Waals surface area contributed by atoms with Crippen molar-refractivity contribution in [3.05, 3.63) is 0 Å². The Labute approximate surface area is 191 Å². The van der Waals surface area contributed by atoms with E-state index in [0.29, 0.717) is 19.1 Å². The second-order valence-electron chi connectivity index (χ2n) is 7.63. The minimum absolute atomic E-state index is 0. The number of esters is 1. The summed E-state index contributed by atoms with van der Waals surface area (Å²) in [6.07, 6.45) is 6.46. The molecule has 0 bridgehead atoms. The maximum absolute atomic E-state index is 11.7. The number of hydrogen-bond acceptors (Lipinski definition) is 5. The third kappa shape index (κ3) is 19.3. The fraction of sp³-hybridized carbons (Fsp3) is 0.875. The average Bonchev–Trinajstić information content (AvgIpc) is 2.36. The minimum Gasteiger partial charge on any atom is -0.550 e. The third-order valence-corrected chi connectivity index (χ3v) is 8.67. The van der Waals surface area contributed by atoms with Crippen molar-refractivity contribution in [1.29, 1.82) is 0 Å². The summed E-state index contributed by atoms with van der Waals surface area (Å²) < 4.78 is 11.5. The second kappa shape index (κ2) is 14.1. The molecule has 5 nitrogen and oxygen atoms in total. The van der Waals surface area contributed by atoms with Crippen LogP contribution in [0.2, 0.25) is 32.7 Å². The van der Waals surface area contributed by atoms with Gasteiger partial charge in [-0.1, -0.05) is 25.7 Å². The van der Waals surface area contributed by atoms with E-state index in [2.05, 4.69) is 32.7 Å². The summed E-state index contributed by atoms with van der Waals surface area (Å²) in [4.78, 5) is 22.0.